The van der Waals surface area contributed by atoms with Crippen molar-refractivity contribution in [1.82, 2.24) is 10.1 Å². The Morgan fingerprint density at radius 1 is 1.15 bits per heavy atom. The van der Waals surface area contributed by atoms with E-state index in [-0.39, 0.29) is 5.91 Å². The van der Waals surface area contributed by atoms with Crippen molar-refractivity contribution < 1.29 is 14.1 Å². The number of thiophene rings is 1. The number of benzene rings is 1. The highest BCUT2D eigenvalue weighted by atomic mass is 32.1. The van der Waals surface area contributed by atoms with Crippen LogP contribution in [-0.2, 0) is 11.2 Å². The summed E-state index contributed by atoms with van der Waals surface area (Å²) in [4.78, 5) is 28.2. The Hall–Kier alpha value is -3.20. The highest BCUT2D eigenvalue weighted by Crippen LogP contribution is 2.21. The summed E-state index contributed by atoms with van der Waals surface area (Å²) in [6.45, 7) is 0. The minimum Gasteiger partial charge on any atom is -0.351 e. The molecule has 0 bridgehead atoms. The van der Waals surface area contributed by atoms with Gasteiger partial charge in [0, 0.05) is 24.2 Å². The van der Waals surface area contributed by atoms with Crippen LogP contribution in [0.1, 0.15) is 18.7 Å². The maximum absolute atomic E-state index is 12.0. The first-order valence-electron chi connectivity index (χ1n) is 7.93. The van der Waals surface area contributed by atoms with Gasteiger partial charge in [0.05, 0.1) is 4.88 Å². The number of primary amides is 1. The van der Waals surface area contributed by atoms with Crippen molar-refractivity contribution in [3.05, 3.63) is 47.7 Å². The molecule has 0 fully saturated rings. The van der Waals surface area contributed by atoms with Crippen LogP contribution in [0, 0.1) is 0 Å². The van der Waals surface area contributed by atoms with Crippen LogP contribution in [0.2, 0.25) is 0 Å². The molecule has 0 saturated carbocycles. The molecule has 2 heterocycles. The van der Waals surface area contributed by atoms with Crippen LogP contribution in [0.4, 0.5) is 16.2 Å². The van der Waals surface area contributed by atoms with Crippen molar-refractivity contribution in [3.63, 3.8) is 0 Å². The van der Waals surface area contributed by atoms with Gasteiger partial charge in [-0.1, -0.05) is 17.3 Å². The largest absolute Gasteiger partial charge is 0.351 e. The number of nitrogens with one attached hydrogen (secondary N) is 2. The fourth-order valence-electron chi connectivity index (χ4n) is 2.30. The molecule has 0 saturated heterocycles. The lowest BCUT2D eigenvalue weighted by Gasteiger charge is -2.07. The number of hydrogen-bond acceptors (Lipinski definition) is 6. The van der Waals surface area contributed by atoms with Crippen molar-refractivity contribution in [2.75, 3.05) is 10.6 Å². The number of carbonyl (C=O) groups is 2. The van der Waals surface area contributed by atoms with Crippen LogP contribution in [0.5, 0.6) is 0 Å². The molecule has 1 aromatic carbocycles. The van der Waals surface area contributed by atoms with Crippen LogP contribution in [0.25, 0.3) is 10.7 Å². The first-order valence-corrected chi connectivity index (χ1v) is 8.81. The van der Waals surface area contributed by atoms with Gasteiger partial charge in [-0.15, -0.1) is 11.3 Å². The van der Waals surface area contributed by atoms with E-state index < -0.39 is 6.03 Å². The summed E-state index contributed by atoms with van der Waals surface area (Å²) in [6.07, 6.45) is 1.41. The molecule has 3 aromatic rings. The first-order chi connectivity index (χ1) is 12.6. The van der Waals surface area contributed by atoms with E-state index in [0.29, 0.717) is 42.4 Å². The predicted molar refractivity (Wildman–Crippen MR) is 98.8 cm³/mol. The number of urea groups is 1. The van der Waals surface area contributed by atoms with Gasteiger partial charge in [-0.2, -0.15) is 4.98 Å². The molecule has 3 rings (SSSR count). The summed E-state index contributed by atoms with van der Waals surface area (Å²) >= 11 is 1.54. The van der Waals surface area contributed by atoms with Crippen molar-refractivity contribution in [1.29, 1.82) is 0 Å². The second-order valence-electron chi connectivity index (χ2n) is 5.46. The van der Waals surface area contributed by atoms with E-state index in [0.717, 1.165) is 4.88 Å². The number of nitrogens with two attached hydrogens (primary N) is 1. The molecule has 134 valence electrons. The first kappa shape index (κ1) is 17.6. The molecule has 0 spiro atoms. The standard InChI is InChI=1S/C17H17N5O3S/c18-17(24)20-12-5-1-4-11(10-12)19-14(23)7-2-8-15-21-16(22-25-15)13-6-3-9-26-13/h1,3-6,9-10H,2,7-8H2,(H,19,23)(H3,18,20,24). The number of anilines is 2. The molecule has 0 aliphatic heterocycles. The molecule has 0 radical (unpaired) electrons. The summed E-state index contributed by atoms with van der Waals surface area (Å²) in [5, 5.41) is 11.1. The summed E-state index contributed by atoms with van der Waals surface area (Å²) in [6, 6.07) is 9.95. The molecule has 0 atom stereocenters. The highest BCUT2D eigenvalue weighted by molar-refractivity contribution is 7.13. The van der Waals surface area contributed by atoms with E-state index in [4.69, 9.17) is 10.3 Å². The van der Waals surface area contributed by atoms with Crippen molar-refractivity contribution in [3.8, 4) is 10.7 Å². The molecule has 2 aromatic heterocycles. The maximum atomic E-state index is 12.0. The van der Waals surface area contributed by atoms with Gasteiger partial charge in [0.25, 0.3) is 0 Å². The monoisotopic (exact) mass is 371 g/mol. The number of aryl methyl sites for hydroxylation is 1. The van der Waals surface area contributed by atoms with E-state index in [9.17, 15) is 9.59 Å². The molecule has 3 amide bonds. The van der Waals surface area contributed by atoms with Gasteiger partial charge in [-0.3, -0.25) is 4.79 Å². The maximum Gasteiger partial charge on any atom is 0.316 e. The molecule has 0 aliphatic rings. The number of nitrogens with zero attached hydrogens (tertiary/aromatic N) is 2. The number of carbonyl (C=O) groups excluding carboxylic acids is 2. The highest BCUT2D eigenvalue weighted by Gasteiger charge is 2.10. The summed E-state index contributed by atoms with van der Waals surface area (Å²) in [5.74, 6) is 0.936. The van der Waals surface area contributed by atoms with Crippen LogP contribution in [-0.4, -0.2) is 22.1 Å². The van der Waals surface area contributed by atoms with Crippen LogP contribution in [0.3, 0.4) is 0 Å². The second-order valence-corrected chi connectivity index (χ2v) is 6.41. The SMILES string of the molecule is NC(=O)Nc1cccc(NC(=O)CCCc2nc(-c3cccs3)no2)c1. The van der Waals surface area contributed by atoms with Gasteiger partial charge < -0.3 is 20.9 Å². The van der Waals surface area contributed by atoms with E-state index in [2.05, 4.69) is 20.8 Å². The Morgan fingerprint density at radius 2 is 1.96 bits per heavy atom. The van der Waals surface area contributed by atoms with E-state index in [1.165, 1.54) is 0 Å². The predicted octanol–water partition coefficient (Wildman–Crippen LogP) is 3.25. The molecule has 26 heavy (non-hydrogen) atoms. The Bertz CT molecular complexity index is 891. The topological polar surface area (TPSA) is 123 Å². The number of hydrogen-bond donors (Lipinski definition) is 3. The Kier molecular flexibility index (Phi) is 5.59. The molecule has 9 heteroatoms. The molecule has 4 N–H and O–H groups in total. The Morgan fingerprint density at radius 3 is 2.69 bits per heavy atom. The van der Waals surface area contributed by atoms with Crippen molar-refractivity contribution >= 4 is 34.6 Å². The zero-order chi connectivity index (χ0) is 18.4. The Labute approximate surface area is 153 Å². The van der Waals surface area contributed by atoms with Gasteiger partial charge in [-0.25, -0.2) is 4.79 Å². The Balaban J connectivity index is 1.46. The molecular formula is C17H17N5O3S. The van der Waals surface area contributed by atoms with Gasteiger partial charge in [0.15, 0.2) is 0 Å². The lowest BCUT2D eigenvalue weighted by atomic mass is 10.2. The van der Waals surface area contributed by atoms with Crippen molar-refractivity contribution in [2.24, 2.45) is 5.73 Å². The molecule has 0 aliphatic carbocycles. The van der Waals surface area contributed by atoms with Gasteiger partial charge in [0.1, 0.15) is 0 Å². The summed E-state index contributed by atoms with van der Waals surface area (Å²) in [7, 11) is 0. The average molecular weight is 371 g/mol. The molecular weight excluding hydrogens is 354 g/mol. The molecule has 0 unspecified atom stereocenters. The van der Waals surface area contributed by atoms with E-state index in [1.54, 1.807) is 35.6 Å². The smallest absolute Gasteiger partial charge is 0.316 e. The summed E-state index contributed by atoms with van der Waals surface area (Å²) < 4.78 is 5.20. The minimum absolute atomic E-state index is 0.140. The van der Waals surface area contributed by atoms with E-state index in [1.807, 2.05) is 17.5 Å². The number of rotatable bonds is 7. The summed E-state index contributed by atoms with van der Waals surface area (Å²) in [5.41, 5.74) is 6.17. The fourth-order valence-corrected chi connectivity index (χ4v) is 2.95. The third-order valence-electron chi connectivity index (χ3n) is 3.42. The van der Waals surface area contributed by atoms with Gasteiger partial charge >= 0.3 is 6.03 Å². The van der Waals surface area contributed by atoms with Crippen molar-refractivity contribution in [2.45, 2.75) is 19.3 Å². The van der Waals surface area contributed by atoms with Crippen LogP contribution in [0.15, 0.2) is 46.3 Å². The lowest BCUT2D eigenvalue weighted by molar-refractivity contribution is -0.116. The van der Waals surface area contributed by atoms with Crippen LogP contribution >= 0.6 is 11.3 Å². The number of aromatic nitrogens is 2. The van der Waals surface area contributed by atoms with Gasteiger partial charge in [0.2, 0.25) is 17.6 Å². The third-order valence-corrected chi connectivity index (χ3v) is 4.28. The third kappa shape index (κ3) is 4.90. The number of amides is 3. The van der Waals surface area contributed by atoms with E-state index >= 15 is 0 Å². The zero-order valence-corrected chi connectivity index (χ0v) is 14.6. The minimum atomic E-state index is -0.657. The molecule has 8 nitrogen and oxygen atoms in total. The van der Waals surface area contributed by atoms with Crippen LogP contribution < -0.4 is 16.4 Å². The zero-order valence-electron chi connectivity index (χ0n) is 13.8. The van der Waals surface area contributed by atoms with Gasteiger partial charge in [-0.05, 0) is 36.1 Å². The second kappa shape index (κ2) is 8.26. The fraction of sp³-hybridized carbons (Fsp3) is 0.176. The normalized spacial score (nSPS) is 10.5. The quantitative estimate of drug-likeness (QED) is 0.588. The average Bonchev–Trinajstić information content (AvgIpc) is 3.26. The lowest BCUT2D eigenvalue weighted by Crippen LogP contribution is -2.19.